The molecule has 0 saturated heterocycles. The number of hydrogen-bond acceptors (Lipinski definition) is 3. The molecule has 0 aliphatic heterocycles. The first kappa shape index (κ1) is 18.6. The Bertz CT molecular complexity index is 711. The quantitative estimate of drug-likeness (QED) is 0.815. The number of halogens is 1. The monoisotopic (exact) mass is 343 g/mol. The number of carbonyl (C=O) groups excluding carboxylic acids is 2. The van der Waals surface area contributed by atoms with Crippen LogP contribution in [-0.4, -0.2) is 23.6 Å². The van der Waals surface area contributed by atoms with Crippen molar-refractivity contribution in [3.63, 3.8) is 0 Å². The minimum Gasteiger partial charge on any atom is -0.444 e. The molecule has 2 rings (SSSR count). The minimum atomic E-state index is -1.93. The molecule has 0 saturated carbocycles. The molecule has 0 heterocycles. The molecule has 4 nitrogen and oxygen atoms in total. The van der Waals surface area contributed by atoms with Gasteiger partial charge < -0.3 is 10.1 Å². The standard InChI is InChI=1S/C20H22FNO3/c1-20(2,3)25-19(24)22-17(14-10-6-4-7-11-14)16(21)18(23)15-12-8-5-9-13-15/h4-13,16-17H,1-3H3,(H,22,24). The fourth-order valence-electron chi connectivity index (χ4n) is 2.33. The van der Waals surface area contributed by atoms with E-state index in [0.29, 0.717) is 5.56 Å². The van der Waals surface area contributed by atoms with Gasteiger partial charge in [0, 0.05) is 5.56 Å². The van der Waals surface area contributed by atoms with Gasteiger partial charge in [0.05, 0.1) is 6.04 Å². The number of benzene rings is 2. The van der Waals surface area contributed by atoms with Gasteiger partial charge in [-0.2, -0.15) is 0 Å². The number of Topliss-reactive ketones (excluding diaryl/α,β-unsaturated/α-hetero) is 1. The van der Waals surface area contributed by atoms with Gasteiger partial charge in [-0.25, -0.2) is 9.18 Å². The van der Waals surface area contributed by atoms with Gasteiger partial charge in [-0.05, 0) is 26.3 Å². The fraction of sp³-hybridized carbons (Fsp3) is 0.300. The first-order valence-corrected chi connectivity index (χ1v) is 8.06. The topological polar surface area (TPSA) is 55.4 Å². The van der Waals surface area contributed by atoms with Crippen LogP contribution in [0.2, 0.25) is 0 Å². The normalized spacial score (nSPS) is 13.6. The maximum absolute atomic E-state index is 15.0. The SMILES string of the molecule is CC(C)(C)OC(=O)NC(c1ccccc1)C(F)C(=O)c1ccccc1. The zero-order valence-corrected chi connectivity index (χ0v) is 14.5. The molecule has 2 aromatic rings. The van der Waals surface area contributed by atoms with E-state index in [1.165, 1.54) is 0 Å². The van der Waals surface area contributed by atoms with E-state index in [2.05, 4.69) is 5.32 Å². The number of carbonyl (C=O) groups is 2. The Labute approximate surface area is 147 Å². The van der Waals surface area contributed by atoms with E-state index < -0.39 is 29.7 Å². The van der Waals surface area contributed by atoms with Crippen molar-refractivity contribution >= 4 is 11.9 Å². The molecule has 1 amide bonds. The number of nitrogens with one attached hydrogen (secondary N) is 1. The van der Waals surface area contributed by atoms with Gasteiger partial charge in [0.25, 0.3) is 0 Å². The molecule has 2 atom stereocenters. The largest absolute Gasteiger partial charge is 0.444 e. The molecule has 2 aromatic carbocycles. The first-order valence-electron chi connectivity index (χ1n) is 8.06. The van der Waals surface area contributed by atoms with E-state index in [4.69, 9.17) is 4.74 Å². The number of hydrogen-bond donors (Lipinski definition) is 1. The van der Waals surface area contributed by atoms with Crippen LogP contribution in [0.5, 0.6) is 0 Å². The lowest BCUT2D eigenvalue weighted by atomic mass is 9.96. The van der Waals surface area contributed by atoms with Gasteiger partial charge in [-0.1, -0.05) is 60.7 Å². The molecular weight excluding hydrogens is 321 g/mol. The van der Waals surface area contributed by atoms with Gasteiger partial charge in [0.15, 0.2) is 12.0 Å². The summed E-state index contributed by atoms with van der Waals surface area (Å²) in [5, 5.41) is 2.48. The second-order valence-corrected chi connectivity index (χ2v) is 6.67. The van der Waals surface area contributed by atoms with Gasteiger partial charge in [-0.3, -0.25) is 4.79 Å². The van der Waals surface area contributed by atoms with Crippen molar-refractivity contribution in [1.29, 1.82) is 0 Å². The molecule has 0 aromatic heterocycles. The highest BCUT2D eigenvalue weighted by Gasteiger charge is 2.32. The molecule has 0 spiro atoms. The molecule has 0 aliphatic rings. The summed E-state index contributed by atoms with van der Waals surface area (Å²) in [5.74, 6) is -0.689. The van der Waals surface area contributed by atoms with Gasteiger partial charge in [0.2, 0.25) is 0 Å². The maximum Gasteiger partial charge on any atom is 0.408 e. The third-order valence-electron chi connectivity index (χ3n) is 3.43. The van der Waals surface area contributed by atoms with Crippen LogP contribution in [0.3, 0.4) is 0 Å². The molecule has 0 bridgehead atoms. The van der Waals surface area contributed by atoms with Crippen LogP contribution in [-0.2, 0) is 4.74 Å². The summed E-state index contributed by atoms with van der Waals surface area (Å²) >= 11 is 0. The van der Waals surface area contributed by atoms with E-state index >= 15 is 4.39 Å². The highest BCUT2D eigenvalue weighted by Crippen LogP contribution is 2.23. The number of ketones is 1. The Kier molecular flexibility index (Phi) is 5.91. The lowest BCUT2D eigenvalue weighted by molar-refractivity contribution is 0.0468. The van der Waals surface area contributed by atoms with Crippen molar-refractivity contribution in [3.8, 4) is 0 Å². The molecule has 2 unspecified atom stereocenters. The predicted octanol–water partition coefficient (Wildman–Crippen LogP) is 4.47. The Morgan fingerprint density at radius 2 is 1.48 bits per heavy atom. The van der Waals surface area contributed by atoms with Crippen molar-refractivity contribution in [2.75, 3.05) is 0 Å². The predicted molar refractivity (Wildman–Crippen MR) is 94.2 cm³/mol. The summed E-state index contributed by atoms with van der Waals surface area (Å²) in [4.78, 5) is 24.6. The second-order valence-electron chi connectivity index (χ2n) is 6.67. The summed E-state index contributed by atoms with van der Waals surface area (Å²) in [6, 6.07) is 15.6. The molecule has 25 heavy (non-hydrogen) atoms. The lowest BCUT2D eigenvalue weighted by Gasteiger charge is -2.25. The van der Waals surface area contributed by atoms with Crippen LogP contribution in [0.25, 0.3) is 0 Å². The maximum atomic E-state index is 15.0. The van der Waals surface area contributed by atoms with Crippen molar-refractivity contribution in [1.82, 2.24) is 5.32 Å². The molecular formula is C20H22FNO3. The van der Waals surface area contributed by atoms with E-state index in [1.54, 1.807) is 81.4 Å². The molecule has 132 valence electrons. The molecule has 1 N–H and O–H groups in total. The Morgan fingerprint density at radius 1 is 0.960 bits per heavy atom. The van der Waals surface area contributed by atoms with Crippen LogP contribution in [0.4, 0.5) is 9.18 Å². The Morgan fingerprint density at radius 3 is 2.00 bits per heavy atom. The van der Waals surface area contributed by atoms with Gasteiger partial charge in [-0.15, -0.1) is 0 Å². The number of rotatable bonds is 5. The summed E-state index contributed by atoms with van der Waals surface area (Å²) in [7, 11) is 0. The summed E-state index contributed by atoms with van der Waals surface area (Å²) in [5.41, 5.74) is 0.0210. The Hall–Kier alpha value is -2.69. The van der Waals surface area contributed by atoms with Crippen LogP contribution in [0, 0.1) is 0 Å². The van der Waals surface area contributed by atoms with Crippen molar-refractivity contribution in [2.24, 2.45) is 0 Å². The average Bonchev–Trinajstić information content (AvgIpc) is 2.58. The van der Waals surface area contributed by atoms with Gasteiger partial charge >= 0.3 is 6.09 Å². The van der Waals surface area contributed by atoms with Crippen molar-refractivity contribution in [3.05, 3.63) is 71.8 Å². The summed E-state index contributed by atoms with van der Waals surface area (Å²) < 4.78 is 20.2. The lowest BCUT2D eigenvalue weighted by Crippen LogP contribution is -2.41. The van der Waals surface area contributed by atoms with Crippen LogP contribution in [0.15, 0.2) is 60.7 Å². The van der Waals surface area contributed by atoms with E-state index in [-0.39, 0.29) is 5.56 Å². The van der Waals surface area contributed by atoms with Crippen LogP contribution in [0.1, 0.15) is 42.7 Å². The molecule has 0 radical (unpaired) electrons. The van der Waals surface area contributed by atoms with E-state index in [1.807, 2.05) is 0 Å². The molecule has 0 fully saturated rings. The smallest absolute Gasteiger partial charge is 0.408 e. The average molecular weight is 343 g/mol. The summed E-state index contributed by atoms with van der Waals surface area (Å²) in [6.45, 7) is 5.14. The Balaban J connectivity index is 2.25. The van der Waals surface area contributed by atoms with Crippen molar-refractivity contribution in [2.45, 2.75) is 38.6 Å². The van der Waals surface area contributed by atoms with E-state index in [0.717, 1.165) is 0 Å². The van der Waals surface area contributed by atoms with Crippen LogP contribution < -0.4 is 5.32 Å². The number of alkyl halides is 1. The van der Waals surface area contributed by atoms with E-state index in [9.17, 15) is 9.59 Å². The first-order chi connectivity index (χ1) is 11.8. The zero-order valence-electron chi connectivity index (χ0n) is 14.5. The molecule has 5 heteroatoms. The van der Waals surface area contributed by atoms with Crippen LogP contribution >= 0.6 is 0 Å². The van der Waals surface area contributed by atoms with Gasteiger partial charge in [0.1, 0.15) is 5.60 Å². The third kappa shape index (κ3) is 5.41. The third-order valence-corrected chi connectivity index (χ3v) is 3.43. The van der Waals surface area contributed by atoms with Crippen molar-refractivity contribution < 1.29 is 18.7 Å². The highest BCUT2D eigenvalue weighted by molar-refractivity contribution is 6.00. The number of ether oxygens (including phenoxy) is 1. The minimum absolute atomic E-state index is 0.252. The second kappa shape index (κ2) is 7.92. The highest BCUT2D eigenvalue weighted by atomic mass is 19.1. The molecule has 0 aliphatic carbocycles. The number of alkyl carbamates (subject to hydrolysis) is 1. The summed E-state index contributed by atoms with van der Waals surface area (Å²) in [6.07, 6.45) is -2.71. The number of amides is 1. The fourth-order valence-corrected chi connectivity index (χ4v) is 2.33. The zero-order chi connectivity index (χ0) is 18.4.